The van der Waals surface area contributed by atoms with Crippen molar-refractivity contribution in [3.63, 3.8) is 0 Å². The van der Waals surface area contributed by atoms with Crippen molar-refractivity contribution < 1.29 is 27.5 Å². The summed E-state index contributed by atoms with van der Waals surface area (Å²) in [4.78, 5) is 29.9. The number of halogens is 3. The molecule has 2 amide bonds. The molecule has 2 aromatic rings. The van der Waals surface area contributed by atoms with E-state index < -0.39 is 11.7 Å². The quantitative estimate of drug-likeness (QED) is 0.795. The summed E-state index contributed by atoms with van der Waals surface area (Å²) in [7, 11) is 0. The fourth-order valence-electron chi connectivity index (χ4n) is 3.02. The number of piperidine rings is 1. The van der Waals surface area contributed by atoms with Crippen molar-refractivity contribution in [1.29, 1.82) is 0 Å². The lowest BCUT2D eigenvalue weighted by Crippen LogP contribution is -2.46. The van der Waals surface area contributed by atoms with E-state index in [1.165, 1.54) is 17.5 Å². The fourth-order valence-corrected chi connectivity index (χ4v) is 3.82. The lowest BCUT2D eigenvalue weighted by Gasteiger charge is -2.31. The molecule has 0 aliphatic carbocycles. The highest BCUT2D eigenvalue weighted by Gasteiger charge is 2.31. The first kappa shape index (κ1) is 21.1. The van der Waals surface area contributed by atoms with Crippen molar-refractivity contribution >= 4 is 23.3 Å². The van der Waals surface area contributed by atoms with Crippen LogP contribution in [-0.4, -0.2) is 47.6 Å². The molecular weight excluding hydrogens is 407 g/mol. The van der Waals surface area contributed by atoms with Gasteiger partial charge in [-0.25, -0.2) is 9.78 Å². The van der Waals surface area contributed by atoms with Gasteiger partial charge < -0.3 is 15.0 Å². The van der Waals surface area contributed by atoms with Gasteiger partial charge in [-0.3, -0.25) is 4.79 Å². The van der Waals surface area contributed by atoms with Crippen LogP contribution in [0.3, 0.4) is 0 Å². The monoisotopic (exact) mass is 427 g/mol. The number of amides is 2. The number of nitrogens with one attached hydrogen (secondary N) is 1. The zero-order valence-electron chi connectivity index (χ0n) is 15.7. The van der Waals surface area contributed by atoms with E-state index in [1.54, 1.807) is 11.8 Å². The molecule has 0 spiro atoms. The Morgan fingerprint density at radius 3 is 2.69 bits per heavy atom. The van der Waals surface area contributed by atoms with Crippen molar-refractivity contribution in [3.05, 3.63) is 40.9 Å². The minimum absolute atomic E-state index is 0.105. The molecule has 0 radical (unpaired) electrons. The average Bonchev–Trinajstić information content (AvgIpc) is 3.19. The van der Waals surface area contributed by atoms with Crippen LogP contribution in [0.4, 0.5) is 18.0 Å². The molecule has 0 bridgehead atoms. The molecular formula is C19H20F3N3O3S. The van der Waals surface area contributed by atoms with Gasteiger partial charge in [0.2, 0.25) is 0 Å². The van der Waals surface area contributed by atoms with Gasteiger partial charge >= 0.3 is 12.3 Å². The summed E-state index contributed by atoms with van der Waals surface area (Å²) >= 11 is 1.11. The van der Waals surface area contributed by atoms with Gasteiger partial charge in [0, 0.05) is 30.1 Å². The Hall–Kier alpha value is -2.62. The van der Waals surface area contributed by atoms with Gasteiger partial charge in [-0.05, 0) is 31.9 Å². The van der Waals surface area contributed by atoms with Crippen LogP contribution < -0.4 is 5.32 Å². The largest absolute Gasteiger partial charge is 0.450 e. The maximum Gasteiger partial charge on any atom is 0.416 e. The normalized spacial score (nSPS) is 15.2. The highest BCUT2D eigenvalue weighted by atomic mass is 32.1. The van der Waals surface area contributed by atoms with Gasteiger partial charge in [-0.1, -0.05) is 12.1 Å². The number of thiazole rings is 1. The van der Waals surface area contributed by atoms with Crippen LogP contribution in [-0.2, 0) is 10.9 Å². The first-order valence-electron chi connectivity index (χ1n) is 9.13. The maximum atomic E-state index is 12.9. The topological polar surface area (TPSA) is 71.5 Å². The number of alkyl halides is 3. The van der Waals surface area contributed by atoms with Gasteiger partial charge in [0.25, 0.3) is 5.91 Å². The summed E-state index contributed by atoms with van der Waals surface area (Å²) < 4.78 is 43.6. The van der Waals surface area contributed by atoms with Gasteiger partial charge in [-0.15, -0.1) is 11.3 Å². The number of carbonyl (C=O) groups excluding carboxylic acids is 2. The van der Waals surface area contributed by atoms with Crippen molar-refractivity contribution in [3.8, 4) is 10.6 Å². The Kier molecular flexibility index (Phi) is 6.41. The number of hydrogen-bond donors (Lipinski definition) is 1. The van der Waals surface area contributed by atoms with Gasteiger partial charge in [-0.2, -0.15) is 13.2 Å². The standard InChI is InChI=1S/C19H20F3N3O3S/c1-2-28-18(27)25-8-6-14(7-9-25)23-16(26)15-11-29-17(24-15)12-4-3-5-13(10-12)19(20,21)22/h3-5,10-11,14H,2,6-9H2,1H3,(H,23,26). The summed E-state index contributed by atoms with van der Waals surface area (Å²) in [5, 5.41) is 4.75. The third-order valence-electron chi connectivity index (χ3n) is 4.53. The number of aromatic nitrogens is 1. The molecule has 1 aromatic carbocycles. The molecule has 1 saturated heterocycles. The highest BCUT2D eigenvalue weighted by Crippen LogP contribution is 2.33. The van der Waals surface area contributed by atoms with Crippen LogP contribution in [0.2, 0.25) is 0 Å². The summed E-state index contributed by atoms with van der Waals surface area (Å²) in [5.41, 5.74) is -0.286. The second-order valence-electron chi connectivity index (χ2n) is 6.55. The molecule has 0 saturated carbocycles. The number of ether oxygens (including phenoxy) is 1. The molecule has 29 heavy (non-hydrogen) atoms. The Balaban J connectivity index is 1.60. The van der Waals surface area contributed by atoms with E-state index in [0.29, 0.717) is 43.1 Å². The molecule has 0 unspecified atom stereocenters. The van der Waals surface area contributed by atoms with E-state index in [0.717, 1.165) is 23.5 Å². The molecule has 10 heteroatoms. The van der Waals surface area contributed by atoms with Crippen LogP contribution in [0.25, 0.3) is 10.6 Å². The number of likely N-dealkylation sites (tertiary alicyclic amines) is 1. The van der Waals surface area contributed by atoms with E-state index in [4.69, 9.17) is 4.74 Å². The second kappa shape index (κ2) is 8.81. The SMILES string of the molecule is CCOC(=O)N1CCC(NC(=O)c2csc(-c3cccc(C(F)(F)F)c3)n2)CC1. The number of rotatable bonds is 4. The minimum atomic E-state index is -4.44. The van der Waals surface area contributed by atoms with Crippen LogP contribution in [0, 0.1) is 0 Å². The lowest BCUT2D eigenvalue weighted by molar-refractivity contribution is -0.137. The van der Waals surface area contributed by atoms with Crippen LogP contribution in [0.1, 0.15) is 35.8 Å². The first-order chi connectivity index (χ1) is 13.8. The van der Waals surface area contributed by atoms with E-state index in [9.17, 15) is 22.8 Å². The molecule has 156 valence electrons. The Bertz CT molecular complexity index is 877. The Morgan fingerprint density at radius 2 is 2.03 bits per heavy atom. The summed E-state index contributed by atoms with van der Waals surface area (Å²) in [6.45, 7) is 3.02. The molecule has 2 heterocycles. The lowest BCUT2D eigenvalue weighted by atomic mass is 10.1. The van der Waals surface area contributed by atoms with E-state index in [1.807, 2.05) is 0 Å². The molecule has 1 aromatic heterocycles. The third-order valence-corrected chi connectivity index (χ3v) is 5.42. The predicted molar refractivity (Wildman–Crippen MR) is 102 cm³/mol. The maximum absolute atomic E-state index is 12.9. The molecule has 1 aliphatic heterocycles. The molecule has 1 aliphatic rings. The second-order valence-corrected chi connectivity index (χ2v) is 7.41. The molecule has 0 atom stereocenters. The molecule has 3 rings (SSSR count). The number of hydrogen-bond acceptors (Lipinski definition) is 5. The smallest absolute Gasteiger partial charge is 0.416 e. The third kappa shape index (κ3) is 5.26. The summed E-state index contributed by atoms with van der Waals surface area (Å²) in [6.07, 6.45) is -3.61. The zero-order chi connectivity index (χ0) is 21.0. The molecule has 1 fully saturated rings. The molecule has 1 N–H and O–H groups in total. The Labute approximate surface area is 169 Å². The number of benzene rings is 1. The van der Waals surface area contributed by atoms with Gasteiger partial charge in [0.1, 0.15) is 10.7 Å². The van der Waals surface area contributed by atoms with Crippen LogP contribution in [0.15, 0.2) is 29.6 Å². The number of carbonyl (C=O) groups is 2. The van der Waals surface area contributed by atoms with Crippen LogP contribution >= 0.6 is 11.3 Å². The number of nitrogens with zero attached hydrogens (tertiary/aromatic N) is 2. The highest BCUT2D eigenvalue weighted by molar-refractivity contribution is 7.13. The van der Waals surface area contributed by atoms with Crippen molar-refractivity contribution in [2.45, 2.75) is 32.0 Å². The minimum Gasteiger partial charge on any atom is -0.450 e. The molecule has 6 nitrogen and oxygen atoms in total. The average molecular weight is 427 g/mol. The summed E-state index contributed by atoms with van der Waals surface area (Å²) in [5.74, 6) is -0.380. The Morgan fingerprint density at radius 1 is 1.31 bits per heavy atom. The van der Waals surface area contributed by atoms with Crippen molar-refractivity contribution in [2.75, 3.05) is 19.7 Å². The summed E-state index contributed by atoms with van der Waals surface area (Å²) in [6, 6.07) is 4.75. The van der Waals surface area contributed by atoms with Gasteiger partial charge in [0.05, 0.1) is 12.2 Å². The van der Waals surface area contributed by atoms with E-state index in [-0.39, 0.29) is 23.7 Å². The fraction of sp³-hybridized carbons (Fsp3) is 0.421. The first-order valence-corrected chi connectivity index (χ1v) is 10.0. The van der Waals surface area contributed by atoms with Crippen molar-refractivity contribution in [2.24, 2.45) is 0 Å². The van der Waals surface area contributed by atoms with E-state index in [2.05, 4.69) is 10.3 Å². The predicted octanol–water partition coefficient (Wildman–Crippen LogP) is 4.18. The van der Waals surface area contributed by atoms with Gasteiger partial charge in [0.15, 0.2) is 0 Å². The van der Waals surface area contributed by atoms with Crippen molar-refractivity contribution in [1.82, 2.24) is 15.2 Å². The van der Waals surface area contributed by atoms with Crippen LogP contribution in [0.5, 0.6) is 0 Å². The van der Waals surface area contributed by atoms with E-state index >= 15 is 0 Å². The zero-order valence-corrected chi connectivity index (χ0v) is 16.5.